The molecule has 82 valence electrons. The molecule has 1 aromatic carbocycles. The molecule has 0 saturated carbocycles. The van der Waals surface area contributed by atoms with Gasteiger partial charge in [-0.3, -0.25) is 4.98 Å². The summed E-state index contributed by atoms with van der Waals surface area (Å²) in [5.41, 5.74) is 2.70. The van der Waals surface area contributed by atoms with Gasteiger partial charge < -0.3 is 0 Å². The van der Waals surface area contributed by atoms with Gasteiger partial charge >= 0.3 is 0 Å². The van der Waals surface area contributed by atoms with Crippen LogP contribution in [-0.4, -0.2) is 11.2 Å². The van der Waals surface area contributed by atoms with Crippen LogP contribution in [0.5, 0.6) is 0 Å². The molecule has 0 N–H and O–H groups in total. The number of allylic oxidation sites excluding steroid dienone is 1. The Morgan fingerprint density at radius 1 is 1.38 bits per heavy atom. The highest BCUT2D eigenvalue weighted by Crippen LogP contribution is 2.25. The van der Waals surface area contributed by atoms with E-state index in [1.54, 1.807) is 12.3 Å². The summed E-state index contributed by atoms with van der Waals surface area (Å²) < 4.78 is 13.6. The highest BCUT2D eigenvalue weighted by molar-refractivity contribution is 7.98. The SMILES string of the molecule is C=C(C)c1cnc2cc(SC)c(F)cc2c1. The molecule has 0 amide bonds. The Morgan fingerprint density at radius 2 is 2.12 bits per heavy atom. The van der Waals surface area contributed by atoms with Gasteiger partial charge in [-0.1, -0.05) is 6.58 Å². The van der Waals surface area contributed by atoms with E-state index in [0.717, 1.165) is 22.0 Å². The molecule has 1 aromatic heterocycles. The van der Waals surface area contributed by atoms with Crippen molar-refractivity contribution >= 4 is 28.2 Å². The zero-order valence-electron chi connectivity index (χ0n) is 9.25. The third-order valence-electron chi connectivity index (χ3n) is 2.45. The lowest BCUT2D eigenvalue weighted by Crippen LogP contribution is -1.87. The topological polar surface area (TPSA) is 12.9 Å². The quantitative estimate of drug-likeness (QED) is 0.723. The molecule has 1 nitrogen and oxygen atoms in total. The molecular weight excluding hydrogens is 221 g/mol. The van der Waals surface area contributed by atoms with Crippen molar-refractivity contribution in [2.24, 2.45) is 0 Å². The average molecular weight is 233 g/mol. The summed E-state index contributed by atoms with van der Waals surface area (Å²) in [4.78, 5) is 4.94. The Balaban J connectivity index is 2.66. The van der Waals surface area contributed by atoms with Gasteiger partial charge in [-0.05, 0) is 42.5 Å². The summed E-state index contributed by atoms with van der Waals surface area (Å²) in [5, 5.41) is 0.816. The minimum absolute atomic E-state index is 0.194. The average Bonchev–Trinajstić information content (AvgIpc) is 2.27. The summed E-state index contributed by atoms with van der Waals surface area (Å²) in [7, 11) is 0. The molecule has 0 fully saturated rings. The fraction of sp³-hybridized carbons (Fsp3) is 0.154. The smallest absolute Gasteiger partial charge is 0.137 e. The summed E-state index contributed by atoms with van der Waals surface area (Å²) in [6, 6.07) is 5.22. The van der Waals surface area contributed by atoms with Crippen LogP contribution >= 0.6 is 11.8 Å². The van der Waals surface area contributed by atoms with Gasteiger partial charge in [-0.25, -0.2) is 4.39 Å². The summed E-state index contributed by atoms with van der Waals surface area (Å²) >= 11 is 1.39. The number of halogens is 1. The molecule has 0 spiro atoms. The minimum Gasteiger partial charge on any atom is -0.256 e. The monoisotopic (exact) mass is 233 g/mol. The molecule has 2 rings (SSSR count). The molecule has 0 aliphatic heterocycles. The highest BCUT2D eigenvalue weighted by atomic mass is 32.2. The zero-order valence-corrected chi connectivity index (χ0v) is 10.1. The van der Waals surface area contributed by atoms with Crippen molar-refractivity contribution in [2.75, 3.05) is 6.26 Å². The third-order valence-corrected chi connectivity index (χ3v) is 3.20. The molecule has 16 heavy (non-hydrogen) atoms. The van der Waals surface area contributed by atoms with Crippen molar-refractivity contribution in [3.05, 3.63) is 42.4 Å². The maximum Gasteiger partial charge on any atom is 0.137 e. The van der Waals surface area contributed by atoms with Crippen LogP contribution in [0.15, 0.2) is 35.9 Å². The molecule has 0 atom stereocenters. The second-order valence-corrected chi connectivity index (χ2v) is 4.53. The Hall–Kier alpha value is -1.35. The number of nitrogens with zero attached hydrogens (tertiary/aromatic N) is 1. The van der Waals surface area contributed by atoms with Gasteiger partial charge in [0.15, 0.2) is 0 Å². The molecule has 3 heteroatoms. The zero-order chi connectivity index (χ0) is 11.7. The van der Waals surface area contributed by atoms with Crippen LogP contribution in [0.4, 0.5) is 4.39 Å². The van der Waals surface area contributed by atoms with Crippen LogP contribution in [0, 0.1) is 5.82 Å². The van der Waals surface area contributed by atoms with Gasteiger partial charge in [0.25, 0.3) is 0 Å². The number of hydrogen-bond acceptors (Lipinski definition) is 2. The van der Waals surface area contributed by atoms with Crippen molar-refractivity contribution in [3.63, 3.8) is 0 Å². The van der Waals surface area contributed by atoms with Crippen LogP contribution in [0.2, 0.25) is 0 Å². The normalized spacial score (nSPS) is 10.7. The van der Waals surface area contributed by atoms with Gasteiger partial charge in [-0.15, -0.1) is 11.8 Å². The van der Waals surface area contributed by atoms with E-state index in [9.17, 15) is 4.39 Å². The third kappa shape index (κ3) is 1.95. The predicted molar refractivity (Wildman–Crippen MR) is 68.2 cm³/mol. The van der Waals surface area contributed by atoms with Gasteiger partial charge in [0.2, 0.25) is 0 Å². The van der Waals surface area contributed by atoms with E-state index in [0.29, 0.717) is 4.90 Å². The van der Waals surface area contributed by atoms with E-state index in [1.165, 1.54) is 17.8 Å². The first-order valence-electron chi connectivity index (χ1n) is 4.91. The molecular formula is C13H12FNS. The first-order valence-corrected chi connectivity index (χ1v) is 6.13. The summed E-state index contributed by atoms with van der Waals surface area (Å²) in [6.07, 6.45) is 3.62. The fourth-order valence-electron chi connectivity index (χ4n) is 1.52. The number of fused-ring (bicyclic) bond motifs is 1. The van der Waals surface area contributed by atoms with Gasteiger partial charge in [0, 0.05) is 16.5 Å². The number of thioether (sulfide) groups is 1. The Bertz CT molecular complexity index is 563. The van der Waals surface area contributed by atoms with Crippen molar-refractivity contribution in [2.45, 2.75) is 11.8 Å². The molecule has 2 aromatic rings. The van der Waals surface area contributed by atoms with E-state index >= 15 is 0 Å². The highest BCUT2D eigenvalue weighted by Gasteiger charge is 2.05. The van der Waals surface area contributed by atoms with Crippen LogP contribution in [0.3, 0.4) is 0 Å². The van der Waals surface area contributed by atoms with Crippen molar-refractivity contribution in [1.29, 1.82) is 0 Å². The maximum absolute atomic E-state index is 13.6. The lowest BCUT2D eigenvalue weighted by atomic mass is 10.1. The van der Waals surface area contributed by atoms with Crippen LogP contribution in [0.25, 0.3) is 16.5 Å². The second-order valence-electron chi connectivity index (χ2n) is 3.68. The van der Waals surface area contributed by atoms with E-state index in [1.807, 2.05) is 19.2 Å². The van der Waals surface area contributed by atoms with Crippen molar-refractivity contribution < 1.29 is 4.39 Å². The van der Waals surface area contributed by atoms with Crippen molar-refractivity contribution in [3.8, 4) is 0 Å². The Morgan fingerprint density at radius 3 is 2.75 bits per heavy atom. The number of aromatic nitrogens is 1. The molecule has 0 aliphatic rings. The number of hydrogen-bond donors (Lipinski definition) is 0. The first kappa shape index (κ1) is 11.1. The molecule has 0 bridgehead atoms. The van der Waals surface area contributed by atoms with Crippen LogP contribution in [0.1, 0.15) is 12.5 Å². The predicted octanol–water partition coefficient (Wildman–Crippen LogP) is 4.13. The first-order chi connectivity index (χ1) is 7.61. The Kier molecular flexibility index (Phi) is 2.97. The van der Waals surface area contributed by atoms with Crippen LogP contribution in [-0.2, 0) is 0 Å². The molecule has 0 unspecified atom stereocenters. The largest absolute Gasteiger partial charge is 0.256 e. The van der Waals surface area contributed by atoms with Gasteiger partial charge in [0.05, 0.1) is 5.52 Å². The fourth-order valence-corrected chi connectivity index (χ4v) is 2.00. The standard InChI is InChI=1S/C13H12FNS/c1-8(2)10-4-9-5-11(14)13(16-3)6-12(9)15-7-10/h4-7H,1H2,2-3H3. The molecule has 0 aliphatic carbocycles. The Labute approximate surface area is 98.4 Å². The lowest BCUT2D eigenvalue weighted by Gasteiger charge is -2.05. The van der Waals surface area contributed by atoms with Gasteiger partial charge in [-0.2, -0.15) is 0 Å². The van der Waals surface area contributed by atoms with E-state index in [2.05, 4.69) is 11.6 Å². The lowest BCUT2D eigenvalue weighted by molar-refractivity contribution is 0.604. The molecule has 0 saturated heterocycles. The minimum atomic E-state index is -0.194. The molecule has 0 radical (unpaired) electrons. The van der Waals surface area contributed by atoms with E-state index in [4.69, 9.17) is 0 Å². The van der Waals surface area contributed by atoms with Gasteiger partial charge in [0.1, 0.15) is 5.82 Å². The maximum atomic E-state index is 13.6. The number of pyridine rings is 1. The summed E-state index contributed by atoms with van der Waals surface area (Å²) in [6.45, 7) is 5.76. The number of benzene rings is 1. The second kappa shape index (κ2) is 4.26. The molecule has 1 heterocycles. The number of rotatable bonds is 2. The summed E-state index contributed by atoms with van der Waals surface area (Å²) in [5.74, 6) is -0.194. The van der Waals surface area contributed by atoms with E-state index in [-0.39, 0.29) is 5.82 Å². The van der Waals surface area contributed by atoms with Crippen molar-refractivity contribution in [1.82, 2.24) is 4.98 Å². The van der Waals surface area contributed by atoms with Crippen LogP contribution < -0.4 is 0 Å². The van der Waals surface area contributed by atoms with E-state index < -0.39 is 0 Å².